The van der Waals surface area contributed by atoms with E-state index in [-0.39, 0.29) is 0 Å². The molecule has 20 heavy (non-hydrogen) atoms. The summed E-state index contributed by atoms with van der Waals surface area (Å²) < 4.78 is 15.6. The van der Waals surface area contributed by atoms with Crippen LogP contribution in [-0.2, 0) is 16.1 Å². The fraction of sp³-hybridized carbons (Fsp3) is 0.600. The number of ether oxygens (including phenoxy) is 3. The number of aliphatic hydroxyl groups is 1. The topological polar surface area (TPSA) is 64.5 Å². The molecule has 0 heterocycles. The Balaban J connectivity index is 2.07. The van der Waals surface area contributed by atoms with Gasteiger partial charge in [-0.15, -0.1) is 0 Å². The number of hydrogen-bond donors (Lipinski definition) is 2. The molecule has 0 bridgehead atoms. The lowest BCUT2D eigenvalue weighted by Crippen LogP contribution is -2.86. The van der Waals surface area contributed by atoms with E-state index in [2.05, 4.69) is 5.32 Å². The molecule has 0 amide bonds. The maximum atomic E-state index is 9.76. The normalized spacial score (nSPS) is 12.3. The number of quaternary nitrogens is 1. The Labute approximate surface area is 120 Å². The largest absolute Gasteiger partial charge is 0.497 e. The molecule has 0 radical (unpaired) electrons. The fourth-order valence-electron chi connectivity index (χ4n) is 1.78. The Morgan fingerprint density at radius 2 is 1.95 bits per heavy atom. The predicted molar refractivity (Wildman–Crippen MR) is 76.8 cm³/mol. The monoisotopic (exact) mass is 284 g/mol. The van der Waals surface area contributed by atoms with Crippen molar-refractivity contribution in [1.29, 1.82) is 0 Å². The van der Waals surface area contributed by atoms with Crippen LogP contribution in [0, 0.1) is 0 Å². The highest BCUT2D eigenvalue weighted by Gasteiger charge is 2.06. The van der Waals surface area contributed by atoms with Crippen LogP contribution in [0.2, 0.25) is 0 Å². The van der Waals surface area contributed by atoms with Crippen molar-refractivity contribution in [3.63, 3.8) is 0 Å². The van der Waals surface area contributed by atoms with Crippen LogP contribution >= 0.6 is 0 Å². The second-order valence-corrected chi connectivity index (χ2v) is 4.68. The number of nitrogens with two attached hydrogens (primary N) is 1. The van der Waals surface area contributed by atoms with Gasteiger partial charge in [-0.3, -0.25) is 0 Å². The third-order valence-corrected chi connectivity index (χ3v) is 2.93. The Kier molecular flexibility index (Phi) is 8.98. The highest BCUT2D eigenvalue weighted by Crippen LogP contribution is 2.11. The van der Waals surface area contributed by atoms with E-state index in [0.717, 1.165) is 30.9 Å². The van der Waals surface area contributed by atoms with Gasteiger partial charge in [0.05, 0.1) is 33.5 Å². The molecule has 0 aliphatic rings. The smallest absolute Gasteiger partial charge is 0.126 e. The molecule has 0 aliphatic carbocycles. The third-order valence-electron chi connectivity index (χ3n) is 2.93. The molecule has 0 saturated heterocycles. The highest BCUT2D eigenvalue weighted by atomic mass is 16.5. The number of methoxy groups -OCH3 is 2. The summed E-state index contributed by atoms with van der Waals surface area (Å²) in [5.74, 6) is 0.833. The molecule has 1 aromatic carbocycles. The molecule has 5 nitrogen and oxygen atoms in total. The van der Waals surface area contributed by atoms with E-state index < -0.39 is 6.10 Å². The third kappa shape index (κ3) is 7.45. The lowest BCUT2D eigenvalue weighted by Gasteiger charge is -2.10. The summed E-state index contributed by atoms with van der Waals surface area (Å²) >= 11 is 0. The first-order chi connectivity index (χ1) is 9.76. The maximum absolute atomic E-state index is 9.76. The molecule has 0 unspecified atom stereocenters. The number of rotatable bonds is 11. The molecular formula is C15H26NO4+. The lowest BCUT2D eigenvalue weighted by molar-refractivity contribution is -0.661. The average molecular weight is 284 g/mol. The summed E-state index contributed by atoms with van der Waals surface area (Å²) in [5.41, 5.74) is 1.07. The fourth-order valence-corrected chi connectivity index (χ4v) is 1.78. The standard InChI is InChI=1S/C15H25NO4/c1-18-9-3-8-16-10-14(17)12-20-11-13-4-6-15(19-2)7-5-13/h4-7,14,16-17H,3,8-12H2,1-2H3/p+1/t14-/m0/s1. The second kappa shape index (κ2) is 10.6. The van der Waals surface area contributed by atoms with E-state index in [9.17, 15) is 5.11 Å². The summed E-state index contributed by atoms with van der Waals surface area (Å²) in [7, 11) is 3.34. The van der Waals surface area contributed by atoms with Crippen molar-refractivity contribution in [3.05, 3.63) is 29.8 Å². The summed E-state index contributed by atoms with van der Waals surface area (Å²) in [6.45, 7) is 3.24. The molecule has 0 aliphatic heterocycles. The van der Waals surface area contributed by atoms with E-state index >= 15 is 0 Å². The van der Waals surface area contributed by atoms with Gasteiger partial charge in [-0.1, -0.05) is 12.1 Å². The molecule has 0 fully saturated rings. The number of benzene rings is 1. The van der Waals surface area contributed by atoms with Crippen molar-refractivity contribution in [1.82, 2.24) is 0 Å². The molecule has 3 N–H and O–H groups in total. The van der Waals surface area contributed by atoms with Gasteiger partial charge >= 0.3 is 0 Å². The summed E-state index contributed by atoms with van der Waals surface area (Å²) in [6, 6.07) is 7.72. The molecule has 114 valence electrons. The van der Waals surface area contributed by atoms with Crippen molar-refractivity contribution in [2.75, 3.05) is 40.5 Å². The Morgan fingerprint density at radius 1 is 1.20 bits per heavy atom. The summed E-state index contributed by atoms with van der Waals surface area (Å²) in [6.07, 6.45) is 0.562. The van der Waals surface area contributed by atoms with Crippen LogP contribution in [0.4, 0.5) is 0 Å². The predicted octanol–water partition coefficient (Wildman–Crippen LogP) is 0.173. The molecule has 0 aromatic heterocycles. The minimum Gasteiger partial charge on any atom is -0.497 e. The molecule has 0 spiro atoms. The quantitative estimate of drug-likeness (QED) is 0.569. The van der Waals surface area contributed by atoms with E-state index in [1.807, 2.05) is 24.3 Å². The van der Waals surface area contributed by atoms with Gasteiger partial charge in [0.1, 0.15) is 18.4 Å². The average Bonchev–Trinajstić information content (AvgIpc) is 2.48. The SMILES string of the molecule is COCCC[NH2+]C[C@H](O)COCc1ccc(OC)cc1. The van der Waals surface area contributed by atoms with Crippen LogP contribution in [0.1, 0.15) is 12.0 Å². The van der Waals surface area contributed by atoms with Gasteiger partial charge in [0, 0.05) is 13.5 Å². The second-order valence-electron chi connectivity index (χ2n) is 4.68. The van der Waals surface area contributed by atoms with Gasteiger partial charge in [-0.2, -0.15) is 0 Å². The van der Waals surface area contributed by atoms with E-state index in [1.165, 1.54) is 0 Å². The van der Waals surface area contributed by atoms with Crippen LogP contribution in [0.5, 0.6) is 5.75 Å². The number of aliphatic hydroxyl groups excluding tert-OH is 1. The van der Waals surface area contributed by atoms with Crippen molar-refractivity contribution >= 4 is 0 Å². The van der Waals surface area contributed by atoms with Crippen molar-refractivity contribution in [2.45, 2.75) is 19.1 Å². The first-order valence-corrected chi connectivity index (χ1v) is 6.95. The van der Waals surface area contributed by atoms with Crippen molar-refractivity contribution in [2.24, 2.45) is 0 Å². The van der Waals surface area contributed by atoms with Crippen LogP contribution in [0.3, 0.4) is 0 Å². The van der Waals surface area contributed by atoms with Gasteiger partial charge in [0.15, 0.2) is 0 Å². The van der Waals surface area contributed by atoms with Crippen molar-refractivity contribution in [3.8, 4) is 5.75 Å². The minimum atomic E-state index is -0.434. The number of hydrogen-bond acceptors (Lipinski definition) is 4. The molecule has 1 atom stereocenters. The zero-order valence-corrected chi connectivity index (χ0v) is 12.4. The van der Waals surface area contributed by atoms with Gasteiger partial charge in [0.25, 0.3) is 0 Å². The van der Waals surface area contributed by atoms with Crippen LogP contribution in [0.15, 0.2) is 24.3 Å². The molecule has 5 heteroatoms. The van der Waals surface area contributed by atoms with E-state index in [4.69, 9.17) is 14.2 Å². The van der Waals surface area contributed by atoms with Gasteiger partial charge in [-0.05, 0) is 17.7 Å². The van der Waals surface area contributed by atoms with Gasteiger partial charge in [0.2, 0.25) is 0 Å². The van der Waals surface area contributed by atoms with Crippen molar-refractivity contribution < 1.29 is 24.6 Å². The Bertz CT molecular complexity index is 342. The van der Waals surface area contributed by atoms with Gasteiger partial charge < -0.3 is 24.6 Å². The van der Waals surface area contributed by atoms with E-state index in [0.29, 0.717) is 19.8 Å². The zero-order chi connectivity index (χ0) is 14.6. The molecule has 0 saturated carbocycles. The zero-order valence-electron chi connectivity index (χ0n) is 12.4. The summed E-state index contributed by atoms with van der Waals surface area (Å²) in [4.78, 5) is 0. The lowest BCUT2D eigenvalue weighted by atomic mass is 10.2. The summed E-state index contributed by atoms with van der Waals surface area (Å²) in [5, 5.41) is 11.8. The minimum absolute atomic E-state index is 0.354. The van der Waals surface area contributed by atoms with Gasteiger partial charge in [-0.25, -0.2) is 0 Å². The molecule has 1 rings (SSSR count). The first-order valence-electron chi connectivity index (χ1n) is 6.95. The first kappa shape index (κ1) is 16.9. The van der Waals surface area contributed by atoms with E-state index in [1.54, 1.807) is 14.2 Å². The van der Waals surface area contributed by atoms with Crippen LogP contribution in [0.25, 0.3) is 0 Å². The highest BCUT2D eigenvalue weighted by molar-refractivity contribution is 5.26. The molecular weight excluding hydrogens is 258 g/mol. The Morgan fingerprint density at radius 3 is 2.60 bits per heavy atom. The van der Waals surface area contributed by atoms with Crippen LogP contribution < -0.4 is 10.1 Å². The Hall–Kier alpha value is -1.14. The maximum Gasteiger partial charge on any atom is 0.126 e. The van der Waals surface area contributed by atoms with Crippen LogP contribution in [-0.4, -0.2) is 51.7 Å². The molecule has 1 aromatic rings.